The number of aromatic nitrogens is 2. The summed E-state index contributed by atoms with van der Waals surface area (Å²) in [5, 5.41) is 2.17. The Morgan fingerprint density at radius 3 is 1.50 bits per heavy atom. The van der Waals surface area contributed by atoms with Crippen LogP contribution >= 0.6 is 46.4 Å². The number of fused-ring (bicyclic) bond motifs is 2. The van der Waals surface area contributed by atoms with Crippen LogP contribution in [0.1, 0.15) is 11.4 Å². The first-order valence-corrected chi connectivity index (χ1v) is 10.2. The Morgan fingerprint density at radius 2 is 1.10 bits per heavy atom. The number of nitrogens with zero attached hydrogens (tertiary/aromatic N) is 2. The van der Waals surface area contributed by atoms with Gasteiger partial charge in [-0.05, 0) is 50.2 Å². The van der Waals surface area contributed by atoms with E-state index in [1.54, 1.807) is 38.1 Å². The molecule has 9 heteroatoms. The molecule has 0 radical (unpaired) electrons. The summed E-state index contributed by atoms with van der Waals surface area (Å²) in [6, 6.07) is 10.1. The van der Waals surface area contributed by atoms with Gasteiger partial charge in [-0.15, -0.1) is 0 Å². The molecule has 0 aliphatic rings. The second kappa shape index (κ2) is 8.08. The van der Waals surface area contributed by atoms with Crippen molar-refractivity contribution < 1.29 is 14.3 Å². The van der Waals surface area contributed by atoms with Gasteiger partial charge in [0.05, 0.1) is 20.1 Å². The molecular formula is C21H12Cl4N2O3. The molecule has 2 aromatic carbocycles. The normalized spacial score (nSPS) is 11.1. The van der Waals surface area contributed by atoms with Crippen LogP contribution in [0.4, 0.5) is 4.79 Å². The van der Waals surface area contributed by atoms with Crippen molar-refractivity contribution in [1.82, 2.24) is 9.97 Å². The zero-order chi connectivity index (χ0) is 21.6. The lowest BCUT2D eigenvalue weighted by Crippen LogP contribution is -2.15. The van der Waals surface area contributed by atoms with Gasteiger partial charge in [0, 0.05) is 22.2 Å². The van der Waals surface area contributed by atoms with Crippen LogP contribution in [0.15, 0.2) is 36.4 Å². The number of hydrogen-bond donors (Lipinski definition) is 0. The number of benzene rings is 2. The van der Waals surface area contributed by atoms with Gasteiger partial charge < -0.3 is 9.47 Å². The van der Waals surface area contributed by atoms with Gasteiger partial charge >= 0.3 is 6.16 Å². The first-order chi connectivity index (χ1) is 14.2. The summed E-state index contributed by atoms with van der Waals surface area (Å²) in [5.41, 5.74) is 2.08. The van der Waals surface area contributed by atoms with Gasteiger partial charge in [0.15, 0.2) is 11.5 Å². The van der Waals surface area contributed by atoms with Crippen LogP contribution in [-0.4, -0.2) is 16.1 Å². The molecule has 5 nitrogen and oxygen atoms in total. The van der Waals surface area contributed by atoms with Gasteiger partial charge in [0.25, 0.3) is 0 Å². The Balaban J connectivity index is 1.75. The summed E-state index contributed by atoms with van der Waals surface area (Å²) >= 11 is 25.0. The number of halogens is 4. The van der Waals surface area contributed by atoms with Gasteiger partial charge in [0.2, 0.25) is 0 Å². The second-order valence-electron chi connectivity index (χ2n) is 6.49. The molecule has 0 aliphatic carbocycles. The molecule has 0 fully saturated rings. The molecule has 0 amide bonds. The van der Waals surface area contributed by atoms with Crippen molar-refractivity contribution in [2.75, 3.05) is 0 Å². The van der Waals surface area contributed by atoms with Crippen LogP contribution in [0.25, 0.3) is 21.8 Å². The zero-order valence-corrected chi connectivity index (χ0v) is 18.6. The minimum absolute atomic E-state index is 0.0308. The Hall–Kier alpha value is -2.31. The van der Waals surface area contributed by atoms with Crippen LogP contribution in [0.3, 0.4) is 0 Å². The second-order valence-corrected chi connectivity index (χ2v) is 8.12. The molecular weight excluding hydrogens is 470 g/mol. The fraction of sp³-hybridized carbons (Fsp3) is 0.0952. The maximum atomic E-state index is 12.6. The summed E-state index contributed by atoms with van der Waals surface area (Å²) in [6.07, 6.45) is -1.06. The van der Waals surface area contributed by atoms with Crippen LogP contribution < -0.4 is 9.47 Å². The Labute approximate surface area is 191 Å². The summed E-state index contributed by atoms with van der Waals surface area (Å²) in [5.74, 6) is 0.0617. The van der Waals surface area contributed by atoms with Crippen molar-refractivity contribution >= 4 is 74.4 Å². The maximum Gasteiger partial charge on any atom is 0.519 e. The first kappa shape index (κ1) is 20.9. The summed E-state index contributed by atoms with van der Waals surface area (Å²) in [7, 11) is 0. The molecule has 0 bridgehead atoms. The third-order valence-electron chi connectivity index (χ3n) is 4.33. The molecule has 0 spiro atoms. The topological polar surface area (TPSA) is 61.3 Å². The lowest BCUT2D eigenvalue weighted by molar-refractivity contribution is 0.153. The average Bonchev–Trinajstić information content (AvgIpc) is 2.68. The molecule has 0 aliphatic heterocycles. The molecule has 0 saturated heterocycles. The van der Waals surface area contributed by atoms with Gasteiger partial charge in [-0.25, -0.2) is 14.8 Å². The van der Waals surface area contributed by atoms with Gasteiger partial charge in [-0.2, -0.15) is 0 Å². The predicted octanol–water partition coefficient (Wildman–Crippen LogP) is 7.59. The standard InChI is InChI=1S/C21H12Cl4N2O3/c1-9-3-5-11-13(22)7-15(24)19(17(11)26-9)29-21(28)30-20-16(25)8-14(23)12-6-4-10(2)27-18(12)20/h3-8H,1-2H3. The van der Waals surface area contributed by atoms with Crippen molar-refractivity contribution in [2.45, 2.75) is 13.8 Å². The van der Waals surface area contributed by atoms with Crippen LogP contribution in [-0.2, 0) is 0 Å². The molecule has 0 saturated carbocycles. The molecule has 152 valence electrons. The van der Waals surface area contributed by atoms with E-state index in [0.29, 0.717) is 43.2 Å². The van der Waals surface area contributed by atoms with Gasteiger partial charge in [-0.1, -0.05) is 46.4 Å². The van der Waals surface area contributed by atoms with E-state index in [4.69, 9.17) is 55.9 Å². The van der Waals surface area contributed by atoms with E-state index < -0.39 is 6.16 Å². The van der Waals surface area contributed by atoms with Crippen molar-refractivity contribution in [3.05, 3.63) is 67.9 Å². The summed E-state index contributed by atoms with van der Waals surface area (Å²) in [6.45, 7) is 3.59. The number of rotatable bonds is 2. The van der Waals surface area contributed by atoms with E-state index >= 15 is 0 Å². The lowest BCUT2D eigenvalue weighted by Gasteiger charge is -2.13. The Kier molecular flexibility index (Phi) is 5.64. The number of ether oxygens (including phenoxy) is 2. The van der Waals surface area contributed by atoms with E-state index in [-0.39, 0.29) is 21.5 Å². The van der Waals surface area contributed by atoms with E-state index in [9.17, 15) is 4.79 Å². The van der Waals surface area contributed by atoms with Gasteiger partial charge in [-0.3, -0.25) is 0 Å². The number of carbonyl (C=O) groups excluding carboxylic acids is 1. The highest BCUT2D eigenvalue weighted by atomic mass is 35.5. The highest BCUT2D eigenvalue weighted by Gasteiger charge is 2.21. The highest BCUT2D eigenvalue weighted by molar-refractivity contribution is 6.40. The molecule has 4 aromatic rings. The van der Waals surface area contributed by atoms with Crippen LogP contribution in [0, 0.1) is 13.8 Å². The number of carbonyl (C=O) groups is 1. The molecule has 30 heavy (non-hydrogen) atoms. The van der Waals surface area contributed by atoms with E-state index in [0.717, 1.165) is 0 Å². The van der Waals surface area contributed by atoms with Crippen molar-refractivity contribution in [3.8, 4) is 11.5 Å². The Morgan fingerprint density at radius 1 is 0.700 bits per heavy atom. The van der Waals surface area contributed by atoms with Crippen molar-refractivity contribution in [1.29, 1.82) is 0 Å². The average molecular weight is 482 g/mol. The fourth-order valence-electron chi connectivity index (χ4n) is 2.96. The van der Waals surface area contributed by atoms with Gasteiger partial charge in [0.1, 0.15) is 11.0 Å². The molecule has 4 rings (SSSR count). The lowest BCUT2D eigenvalue weighted by atomic mass is 10.2. The maximum absolute atomic E-state index is 12.6. The zero-order valence-electron chi connectivity index (χ0n) is 15.6. The fourth-order valence-corrected chi connectivity index (χ4v) is 4.07. The van der Waals surface area contributed by atoms with E-state index in [1.165, 1.54) is 12.1 Å². The summed E-state index contributed by atoms with van der Waals surface area (Å²) < 4.78 is 10.8. The quantitative estimate of drug-likeness (QED) is 0.218. The number of pyridine rings is 2. The molecule has 0 N–H and O–H groups in total. The summed E-state index contributed by atoms with van der Waals surface area (Å²) in [4.78, 5) is 21.4. The SMILES string of the molecule is Cc1ccc2c(Cl)cc(Cl)c(OC(=O)Oc3c(Cl)cc(Cl)c4ccc(C)nc34)c2n1. The Bertz CT molecular complexity index is 1240. The van der Waals surface area contributed by atoms with Crippen LogP contribution in [0.2, 0.25) is 20.1 Å². The molecule has 2 aromatic heterocycles. The molecule has 0 unspecified atom stereocenters. The monoisotopic (exact) mass is 480 g/mol. The number of aryl methyl sites for hydroxylation is 2. The minimum atomic E-state index is -1.06. The van der Waals surface area contributed by atoms with E-state index in [1.807, 2.05) is 0 Å². The highest BCUT2D eigenvalue weighted by Crippen LogP contribution is 2.39. The third-order valence-corrected chi connectivity index (χ3v) is 5.51. The number of hydrogen-bond acceptors (Lipinski definition) is 5. The van der Waals surface area contributed by atoms with Crippen molar-refractivity contribution in [3.63, 3.8) is 0 Å². The largest absolute Gasteiger partial charge is 0.519 e. The molecule has 0 atom stereocenters. The molecule has 2 heterocycles. The minimum Gasteiger partial charge on any atom is -0.391 e. The van der Waals surface area contributed by atoms with Crippen LogP contribution in [0.5, 0.6) is 11.5 Å². The van der Waals surface area contributed by atoms with E-state index in [2.05, 4.69) is 9.97 Å². The predicted molar refractivity (Wildman–Crippen MR) is 120 cm³/mol. The third kappa shape index (κ3) is 3.86. The van der Waals surface area contributed by atoms with Crippen molar-refractivity contribution in [2.24, 2.45) is 0 Å². The first-order valence-electron chi connectivity index (χ1n) is 8.65. The smallest absolute Gasteiger partial charge is 0.391 e.